The van der Waals surface area contributed by atoms with Gasteiger partial charge in [-0.15, -0.1) is 0 Å². The molecule has 2 amide bonds. The molecule has 4 atom stereocenters. The smallest absolute Gasteiger partial charge is 0.308 e. The molecular formula is C21H19NO9. The highest BCUT2D eigenvalue weighted by molar-refractivity contribution is 6.23. The van der Waals surface area contributed by atoms with Crippen LogP contribution in [0.5, 0.6) is 5.75 Å². The number of benzene rings is 1. The Hall–Kier alpha value is -3.53. The van der Waals surface area contributed by atoms with Crippen molar-refractivity contribution < 1.29 is 42.9 Å². The van der Waals surface area contributed by atoms with Crippen LogP contribution in [0, 0.1) is 11.8 Å². The summed E-state index contributed by atoms with van der Waals surface area (Å²) in [6, 6.07) is 5.89. The Balaban J connectivity index is 1.68. The summed E-state index contributed by atoms with van der Waals surface area (Å²) in [6.07, 6.45) is 0.843. The van der Waals surface area contributed by atoms with Gasteiger partial charge in [0.15, 0.2) is 5.60 Å². The molecule has 31 heavy (non-hydrogen) atoms. The molecule has 0 aromatic heterocycles. The largest absolute Gasteiger partial charge is 0.427 e. The lowest BCUT2D eigenvalue weighted by atomic mass is 9.76. The number of rotatable bonds is 5. The van der Waals surface area contributed by atoms with Gasteiger partial charge in [-0.3, -0.25) is 24.0 Å². The summed E-state index contributed by atoms with van der Waals surface area (Å²) in [7, 11) is 0. The molecule has 0 aliphatic carbocycles. The lowest BCUT2D eigenvalue weighted by Crippen LogP contribution is -2.52. The molecule has 4 rings (SSSR count). The van der Waals surface area contributed by atoms with E-state index in [1.807, 2.05) is 0 Å². The zero-order valence-electron chi connectivity index (χ0n) is 16.9. The summed E-state index contributed by atoms with van der Waals surface area (Å²) in [5.74, 6) is -4.69. The number of imide groups is 1. The monoisotopic (exact) mass is 429 g/mol. The maximum atomic E-state index is 13.4. The fourth-order valence-electron chi connectivity index (χ4n) is 4.30. The maximum Gasteiger partial charge on any atom is 0.308 e. The molecule has 2 saturated heterocycles. The molecule has 3 aliphatic rings. The van der Waals surface area contributed by atoms with Gasteiger partial charge >= 0.3 is 17.9 Å². The highest BCUT2D eigenvalue weighted by Crippen LogP contribution is 2.54. The predicted octanol–water partition coefficient (Wildman–Crippen LogP) is 0.877. The number of hydrogen-bond donors (Lipinski definition) is 0. The lowest BCUT2D eigenvalue weighted by molar-refractivity contribution is -0.226. The van der Waals surface area contributed by atoms with E-state index in [9.17, 15) is 24.0 Å². The first kappa shape index (κ1) is 20.7. The molecule has 2 fully saturated rings. The average molecular weight is 429 g/mol. The molecule has 2 bridgehead atoms. The standard InChI is InChI=1S/C21H19NO9/c1-10(23)28-14-6-4-13(5-7-14)22-18(26)16-15-8-9-21(31-15,17(16)19(22)27)20(29-11(2)24)30-12(3)25/h4-9,15-17,20H,1-3H3/t15-,16-,17+,21-/m1/s1. The second-order valence-corrected chi connectivity index (χ2v) is 7.45. The molecule has 3 aliphatic heterocycles. The molecule has 0 spiro atoms. The van der Waals surface area contributed by atoms with Gasteiger partial charge in [0.25, 0.3) is 6.29 Å². The fourth-order valence-corrected chi connectivity index (χ4v) is 4.30. The zero-order valence-corrected chi connectivity index (χ0v) is 16.9. The van der Waals surface area contributed by atoms with E-state index in [-0.39, 0.29) is 11.4 Å². The molecular weight excluding hydrogens is 410 g/mol. The van der Waals surface area contributed by atoms with E-state index < -0.39 is 59.6 Å². The Morgan fingerprint density at radius 3 is 2.13 bits per heavy atom. The molecule has 0 radical (unpaired) electrons. The second-order valence-electron chi connectivity index (χ2n) is 7.45. The number of esters is 3. The van der Waals surface area contributed by atoms with Crippen LogP contribution in [0.4, 0.5) is 5.69 Å². The first-order chi connectivity index (χ1) is 14.6. The van der Waals surface area contributed by atoms with Gasteiger partial charge in [-0.25, -0.2) is 4.90 Å². The molecule has 10 nitrogen and oxygen atoms in total. The third-order valence-corrected chi connectivity index (χ3v) is 5.35. The van der Waals surface area contributed by atoms with E-state index in [0.29, 0.717) is 0 Å². The number of fused-ring (bicyclic) bond motifs is 5. The number of anilines is 1. The Morgan fingerprint density at radius 1 is 0.968 bits per heavy atom. The van der Waals surface area contributed by atoms with Crippen molar-refractivity contribution in [3.05, 3.63) is 36.4 Å². The van der Waals surface area contributed by atoms with E-state index in [2.05, 4.69) is 0 Å². The van der Waals surface area contributed by atoms with Crippen molar-refractivity contribution in [2.75, 3.05) is 4.90 Å². The summed E-state index contributed by atoms with van der Waals surface area (Å²) in [5, 5.41) is 0. The van der Waals surface area contributed by atoms with Crippen LogP contribution in [-0.2, 0) is 38.2 Å². The van der Waals surface area contributed by atoms with Crippen LogP contribution >= 0.6 is 0 Å². The lowest BCUT2D eigenvalue weighted by Gasteiger charge is -2.34. The van der Waals surface area contributed by atoms with Crippen LogP contribution in [0.15, 0.2) is 36.4 Å². The minimum atomic E-state index is -1.61. The summed E-state index contributed by atoms with van der Waals surface area (Å²) in [4.78, 5) is 61.8. The van der Waals surface area contributed by atoms with Gasteiger partial charge in [0.1, 0.15) is 5.75 Å². The SMILES string of the molecule is CC(=O)Oc1ccc(N2C(=O)[C@H]3[C@@H](C2=O)[C@@]2(C(OC(C)=O)OC(C)=O)C=C[C@H]3O2)cc1. The molecule has 3 heterocycles. The molecule has 0 unspecified atom stereocenters. The third kappa shape index (κ3) is 3.28. The summed E-state index contributed by atoms with van der Waals surface area (Å²) >= 11 is 0. The molecule has 0 N–H and O–H groups in total. The minimum absolute atomic E-state index is 0.266. The van der Waals surface area contributed by atoms with Gasteiger partial charge in [0.2, 0.25) is 11.8 Å². The zero-order chi connectivity index (χ0) is 22.5. The normalized spacial score (nSPS) is 28.1. The first-order valence-corrected chi connectivity index (χ1v) is 9.52. The fraction of sp³-hybridized carbons (Fsp3) is 0.381. The Kier molecular flexibility index (Phi) is 4.89. The summed E-state index contributed by atoms with van der Waals surface area (Å²) in [6.45, 7) is 3.52. The predicted molar refractivity (Wildman–Crippen MR) is 101 cm³/mol. The van der Waals surface area contributed by atoms with Crippen LogP contribution in [0.25, 0.3) is 0 Å². The molecule has 0 saturated carbocycles. The van der Waals surface area contributed by atoms with E-state index in [0.717, 1.165) is 18.7 Å². The Labute approximate surface area is 176 Å². The molecule has 1 aromatic carbocycles. The third-order valence-electron chi connectivity index (χ3n) is 5.35. The van der Waals surface area contributed by atoms with E-state index in [1.165, 1.54) is 37.3 Å². The Morgan fingerprint density at radius 2 is 1.58 bits per heavy atom. The quantitative estimate of drug-likeness (QED) is 0.220. The van der Waals surface area contributed by atoms with Crippen molar-refractivity contribution in [1.82, 2.24) is 0 Å². The number of ether oxygens (including phenoxy) is 4. The van der Waals surface area contributed by atoms with Gasteiger partial charge in [-0.05, 0) is 30.3 Å². The first-order valence-electron chi connectivity index (χ1n) is 9.52. The van der Waals surface area contributed by atoms with Gasteiger partial charge in [0, 0.05) is 20.8 Å². The second kappa shape index (κ2) is 7.31. The highest BCUT2D eigenvalue weighted by atomic mass is 16.7. The molecule has 1 aromatic rings. The van der Waals surface area contributed by atoms with Crippen LogP contribution in [0.2, 0.25) is 0 Å². The van der Waals surface area contributed by atoms with Crippen molar-refractivity contribution in [1.29, 1.82) is 0 Å². The van der Waals surface area contributed by atoms with Crippen molar-refractivity contribution >= 4 is 35.4 Å². The molecule has 10 heteroatoms. The highest BCUT2D eigenvalue weighted by Gasteiger charge is 2.72. The molecule has 162 valence electrons. The van der Waals surface area contributed by atoms with Crippen LogP contribution in [-0.4, -0.2) is 47.7 Å². The van der Waals surface area contributed by atoms with E-state index in [4.69, 9.17) is 18.9 Å². The van der Waals surface area contributed by atoms with Crippen molar-refractivity contribution in [3.8, 4) is 5.75 Å². The number of amides is 2. The minimum Gasteiger partial charge on any atom is -0.427 e. The topological polar surface area (TPSA) is 126 Å². The van der Waals surface area contributed by atoms with E-state index >= 15 is 0 Å². The van der Waals surface area contributed by atoms with Crippen molar-refractivity contribution in [3.63, 3.8) is 0 Å². The van der Waals surface area contributed by atoms with Crippen LogP contribution in [0.3, 0.4) is 0 Å². The summed E-state index contributed by atoms with van der Waals surface area (Å²) < 4.78 is 21.2. The van der Waals surface area contributed by atoms with Gasteiger partial charge < -0.3 is 18.9 Å². The number of hydrogen-bond acceptors (Lipinski definition) is 9. The average Bonchev–Trinajstić information content (AvgIpc) is 3.32. The summed E-state index contributed by atoms with van der Waals surface area (Å²) in [5.41, 5.74) is -1.32. The van der Waals surface area contributed by atoms with E-state index in [1.54, 1.807) is 6.08 Å². The van der Waals surface area contributed by atoms with Crippen LogP contribution in [0.1, 0.15) is 20.8 Å². The number of nitrogens with zero attached hydrogens (tertiary/aromatic N) is 1. The van der Waals surface area contributed by atoms with Crippen LogP contribution < -0.4 is 9.64 Å². The maximum absolute atomic E-state index is 13.4. The Bertz CT molecular complexity index is 998. The number of carbonyl (C=O) groups excluding carboxylic acids is 5. The van der Waals surface area contributed by atoms with Crippen molar-refractivity contribution in [2.24, 2.45) is 11.8 Å². The van der Waals surface area contributed by atoms with Gasteiger partial charge in [0.05, 0.1) is 23.6 Å². The van der Waals surface area contributed by atoms with Gasteiger partial charge in [-0.1, -0.05) is 6.08 Å². The van der Waals surface area contributed by atoms with Gasteiger partial charge in [-0.2, -0.15) is 0 Å². The van der Waals surface area contributed by atoms with Crippen molar-refractivity contribution in [2.45, 2.75) is 38.8 Å². The number of carbonyl (C=O) groups is 5.